The molecule has 1 atom stereocenters. The van der Waals surface area contributed by atoms with Gasteiger partial charge in [-0.15, -0.1) is 0 Å². The van der Waals surface area contributed by atoms with Crippen molar-refractivity contribution in [2.45, 2.75) is 33.2 Å². The molecule has 0 unspecified atom stereocenters. The number of thioether (sulfide) groups is 1. The van der Waals surface area contributed by atoms with Gasteiger partial charge in [0, 0.05) is 38.4 Å². The predicted molar refractivity (Wildman–Crippen MR) is 131 cm³/mol. The number of carbonyl (C=O) groups is 1. The van der Waals surface area contributed by atoms with Crippen LogP contribution in [-0.2, 0) is 4.79 Å². The number of rotatable bonds is 4. The highest BCUT2D eigenvalue weighted by Gasteiger charge is 2.35. The Morgan fingerprint density at radius 1 is 1.26 bits per heavy atom. The summed E-state index contributed by atoms with van der Waals surface area (Å²) < 4.78 is 2.10. The number of amides is 1. The standard InChI is InChI=1S/C22H27N5O2S2/c1-5-15(3)27-21(29)17(31-22(27)30)13-16-19(25-11-9-24(4)10-12-25)23-18-14(2)7-6-8-26(18)20(16)28/h6-8,13,15H,5,9-12H2,1-4H3/b17-13-/t15-/m0/s1. The van der Waals surface area contributed by atoms with Gasteiger partial charge in [-0.1, -0.05) is 37.0 Å². The minimum atomic E-state index is -0.170. The first-order valence-corrected chi connectivity index (χ1v) is 11.8. The maximum atomic E-state index is 13.5. The maximum Gasteiger partial charge on any atom is 0.267 e. The van der Waals surface area contributed by atoms with Gasteiger partial charge in [0.05, 0.1) is 10.5 Å². The molecule has 2 fully saturated rings. The molecule has 0 bridgehead atoms. The number of hydrogen-bond donors (Lipinski definition) is 0. The van der Waals surface area contributed by atoms with Gasteiger partial charge >= 0.3 is 0 Å². The van der Waals surface area contributed by atoms with E-state index in [1.54, 1.807) is 21.6 Å². The number of carbonyl (C=O) groups excluding carboxylic acids is 1. The van der Waals surface area contributed by atoms with Crippen molar-refractivity contribution in [2.24, 2.45) is 0 Å². The Morgan fingerprint density at radius 3 is 2.65 bits per heavy atom. The Morgan fingerprint density at radius 2 is 1.97 bits per heavy atom. The van der Waals surface area contributed by atoms with Gasteiger partial charge in [0.1, 0.15) is 15.8 Å². The summed E-state index contributed by atoms with van der Waals surface area (Å²) in [6.45, 7) is 9.31. The Kier molecular flexibility index (Phi) is 6.18. The SMILES string of the molecule is CC[C@H](C)N1C(=O)/C(=C/c2c(N3CCN(C)CC3)nc3c(C)cccn3c2=O)SC1=S. The lowest BCUT2D eigenvalue weighted by atomic mass is 10.2. The van der Waals surface area contributed by atoms with Crippen molar-refractivity contribution in [3.63, 3.8) is 0 Å². The van der Waals surface area contributed by atoms with E-state index in [9.17, 15) is 9.59 Å². The number of aromatic nitrogens is 2. The first-order chi connectivity index (χ1) is 14.8. The molecule has 2 saturated heterocycles. The van der Waals surface area contributed by atoms with Crippen molar-refractivity contribution in [1.82, 2.24) is 19.2 Å². The van der Waals surface area contributed by atoms with Gasteiger partial charge in [-0.05, 0) is 45.0 Å². The summed E-state index contributed by atoms with van der Waals surface area (Å²) in [4.78, 5) is 38.0. The summed E-state index contributed by atoms with van der Waals surface area (Å²) in [6, 6.07) is 3.81. The van der Waals surface area contributed by atoms with E-state index in [1.807, 2.05) is 32.9 Å². The molecular weight excluding hydrogens is 430 g/mol. The lowest BCUT2D eigenvalue weighted by Gasteiger charge is -2.34. The quantitative estimate of drug-likeness (QED) is 0.517. The third-order valence-corrected chi connectivity index (χ3v) is 7.33. The number of thiocarbonyl (C=S) groups is 1. The van der Waals surface area contributed by atoms with E-state index in [-0.39, 0.29) is 17.5 Å². The molecule has 2 aromatic heterocycles. The van der Waals surface area contributed by atoms with Crippen LogP contribution in [0.3, 0.4) is 0 Å². The smallest absolute Gasteiger partial charge is 0.267 e. The van der Waals surface area contributed by atoms with E-state index in [0.717, 1.165) is 38.2 Å². The second-order valence-electron chi connectivity index (χ2n) is 8.14. The first kappa shape index (κ1) is 22.0. The third kappa shape index (κ3) is 4.02. The van der Waals surface area contributed by atoms with Crippen LogP contribution in [0.5, 0.6) is 0 Å². The van der Waals surface area contributed by atoms with Crippen LogP contribution in [0.15, 0.2) is 28.0 Å². The Hall–Kier alpha value is -2.23. The van der Waals surface area contributed by atoms with Gasteiger partial charge in [-0.3, -0.25) is 18.9 Å². The van der Waals surface area contributed by atoms with Crippen molar-refractivity contribution in [3.8, 4) is 0 Å². The molecular formula is C22H27N5O2S2. The van der Waals surface area contributed by atoms with Crippen LogP contribution in [0.1, 0.15) is 31.4 Å². The largest absolute Gasteiger partial charge is 0.353 e. The lowest BCUT2D eigenvalue weighted by molar-refractivity contribution is -0.123. The summed E-state index contributed by atoms with van der Waals surface area (Å²) in [7, 11) is 2.09. The number of fused-ring (bicyclic) bond motifs is 1. The maximum absolute atomic E-state index is 13.5. The van der Waals surface area contributed by atoms with E-state index in [4.69, 9.17) is 17.2 Å². The Labute approximate surface area is 191 Å². The average molecular weight is 458 g/mol. The minimum absolute atomic E-state index is 0.0222. The zero-order chi connectivity index (χ0) is 22.3. The number of aryl methyl sites for hydroxylation is 1. The number of piperazine rings is 1. The Bertz CT molecular complexity index is 1130. The Balaban J connectivity index is 1.87. The number of likely N-dealkylation sites (N-methyl/N-ethyl adjacent to an activating group) is 1. The predicted octanol–water partition coefficient (Wildman–Crippen LogP) is 2.75. The van der Waals surface area contributed by atoms with E-state index in [2.05, 4.69) is 16.8 Å². The summed E-state index contributed by atoms with van der Waals surface area (Å²) in [5, 5.41) is 0. The molecule has 0 N–H and O–H groups in total. The van der Waals surface area contributed by atoms with Crippen molar-refractivity contribution in [1.29, 1.82) is 0 Å². The lowest BCUT2D eigenvalue weighted by Crippen LogP contribution is -2.45. The highest BCUT2D eigenvalue weighted by molar-refractivity contribution is 8.26. The fourth-order valence-electron chi connectivity index (χ4n) is 3.86. The van der Waals surface area contributed by atoms with Crippen molar-refractivity contribution in [2.75, 3.05) is 38.1 Å². The van der Waals surface area contributed by atoms with E-state index < -0.39 is 0 Å². The zero-order valence-corrected chi connectivity index (χ0v) is 19.9. The third-order valence-electron chi connectivity index (χ3n) is 6.00. The van der Waals surface area contributed by atoms with Crippen molar-refractivity contribution < 1.29 is 4.79 Å². The highest BCUT2D eigenvalue weighted by atomic mass is 32.2. The molecule has 2 aromatic rings. The molecule has 2 aliphatic rings. The molecule has 2 aliphatic heterocycles. The monoisotopic (exact) mass is 457 g/mol. The first-order valence-electron chi connectivity index (χ1n) is 10.5. The molecule has 0 saturated carbocycles. The second kappa shape index (κ2) is 8.72. The van der Waals surface area contributed by atoms with Crippen LogP contribution in [0.4, 0.5) is 5.82 Å². The second-order valence-corrected chi connectivity index (χ2v) is 9.81. The highest BCUT2D eigenvalue weighted by Crippen LogP contribution is 2.35. The number of anilines is 1. The van der Waals surface area contributed by atoms with Crippen molar-refractivity contribution >= 4 is 51.7 Å². The summed E-state index contributed by atoms with van der Waals surface area (Å²) in [6.07, 6.45) is 4.23. The minimum Gasteiger partial charge on any atom is -0.353 e. The zero-order valence-electron chi connectivity index (χ0n) is 18.3. The molecule has 4 rings (SSSR count). The summed E-state index contributed by atoms with van der Waals surface area (Å²) >= 11 is 6.72. The van der Waals surface area contributed by atoms with Gasteiger partial charge in [0.15, 0.2) is 0 Å². The summed E-state index contributed by atoms with van der Waals surface area (Å²) in [5.74, 6) is 0.503. The van der Waals surface area contributed by atoms with E-state index >= 15 is 0 Å². The molecule has 9 heteroatoms. The number of pyridine rings is 1. The van der Waals surface area contributed by atoms with Crippen LogP contribution in [0.2, 0.25) is 0 Å². The van der Waals surface area contributed by atoms with Crippen LogP contribution in [0.25, 0.3) is 11.7 Å². The normalized spacial score (nSPS) is 20.3. The van der Waals surface area contributed by atoms with Crippen LogP contribution >= 0.6 is 24.0 Å². The molecule has 0 radical (unpaired) electrons. The van der Waals surface area contributed by atoms with Gasteiger partial charge < -0.3 is 9.80 Å². The molecule has 4 heterocycles. The van der Waals surface area contributed by atoms with Gasteiger partial charge in [0.25, 0.3) is 11.5 Å². The van der Waals surface area contributed by atoms with E-state index in [0.29, 0.717) is 26.3 Å². The molecule has 31 heavy (non-hydrogen) atoms. The molecule has 7 nitrogen and oxygen atoms in total. The topological polar surface area (TPSA) is 61.2 Å². The van der Waals surface area contributed by atoms with Crippen LogP contribution < -0.4 is 10.5 Å². The fraction of sp³-hybridized carbons (Fsp3) is 0.455. The van der Waals surface area contributed by atoms with Gasteiger partial charge in [0.2, 0.25) is 0 Å². The molecule has 0 spiro atoms. The van der Waals surface area contributed by atoms with Crippen LogP contribution in [0, 0.1) is 6.92 Å². The fourth-order valence-corrected chi connectivity index (χ4v) is 5.30. The number of hydrogen-bond acceptors (Lipinski definition) is 7. The molecule has 0 aliphatic carbocycles. The molecule has 0 aromatic carbocycles. The van der Waals surface area contributed by atoms with Gasteiger partial charge in [-0.25, -0.2) is 4.98 Å². The number of nitrogens with zero attached hydrogens (tertiary/aromatic N) is 5. The van der Waals surface area contributed by atoms with Crippen LogP contribution in [-0.4, -0.2) is 68.7 Å². The molecule has 1 amide bonds. The average Bonchev–Trinajstić information content (AvgIpc) is 3.03. The van der Waals surface area contributed by atoms with E-state index in [1.165, 1.54) is 11.8 Å². The molecule has 164 valence electrons. The summed E-state index contributed by atoms with van der Waals surface area (Å²) in [5.41, 5.74) is 1.85. The van der Waals surface area contributed by atoms with Crippen molar-refractivity contribution in [3.05, 3.63) is 44.7 Å². The van der Waals surface area contributed by atoms with Gasteiger partial charge in [-0.2, -0.15) is 0 Å².